The number of fused-ring (bicyclic) bond motifs is 1. The number of halogens is 1. The highest BCUT2D eigenvalue weighted by molar-refractivity contribution is 5.99. The van der Waals surface area contributed by atoms with Crippen LogP contribution in [0.15, 0.2) is 17.1 Å². The molecule has 0 amide bonds. The molecule has 0 saturated carbocycles. The topological polar surface area (TPSA) is 79.3 Å². The van der Waals surface area contributed by atoms with Crippen molar-refractivity contribution in [3.63, 3.8) is 0 Å². The molecule has 2 aromatic heterocycles. The van der Waals surface area contributed by atoms with Gasteiger partial charge in [-0.15, -0.1) is 12.4 Å². The predicted octanol–water partition coefficient (Wildman–Crippen LogP) is 1.11. The maximum atomic E-state index is 11.8. The number of hydrogen-bond acceptors (Lipinski definition) is 4. The Labute approximate surface area is 122 Å². The smallest absolute Gasteiger partial charge is 0.251 e. The number of aromatic nitrogens is 3. The van der Waals surface area contributed by atoms with Gasteiger partial charge in [0, 0.05) is 12.0 Å². The number of hydrogen-bond donors (Lipinski definition) is 2. The zero-order chi connectivity index (χ0) is 13.4. The lowest BCUT2D eigenvalue weighted by Crippen LogP contribution is -2.28. The van der Waals surface area contributed by atoms with E-state index in [-0.39, 0.29) is 23.7 Å². The molecule has 0 unspecified atom stereocenters. The van der Waals surface area contributed by atoms with Gasteiger partial charge in [-0.3, -0.25) is 9.59 Å². The molecule has 108 valence electrons. The van der Waals surface area contributed by atoms with Gasteiger partial charge < -0.3 is 10.3 Å². The van der Waals surface area contributed by atoms with Crippen molar-refractivity contribution in [2.24, 2.45) is 0 Å². The molecule has 0 aliphatic carbocycles. The number of nitrogens with zero attached hydrogens (tertiary/aromatic N) is 2. The third-order valence-corrected chi connectivity index (χ3v) is 3.67. The number of nitrogens with one attached hydrogen (secondary N) is 2. The lowest BCUT2D eigenvalue weighted by molar-refractivity contribution is 0.101. The molecule has 1 aliphatic rings. The monoisotopic (exact) mass is 296 g/mol. The summed E-state index contributed by atoms with van der Waals surface area (Å²) in [5.41, 5.74) is 1.69. The predicted molar refractivity (Wildman–Crippen MR) is 77.9 cm³/mol. The van der Waals surface area contributed by atoms with Crippen LogP contribution in [0, 0.1) is 0 Å². The highest BCUT2D eigenvalue weighted by Gasteiger charge is 2.21. The fourth-order valence-electron chi connectivity index (χ4n) is 2.68. The molecule has 1 saturated heterocycles. The third-order valence-electron chi connectivity index (χ3n) is 3.67. The molecule has 6 nitrogen and oxygen atoms in total. The average molecular weight is 297 g/mol. The largest absolute Gasteiger partial charge is 0.317 e. The van der Waals surface area contributed by atoms with E-state index in [1.54, 1.807) is 10.6 Å². The maximum Gasteiger partial charge on any atom is 0.251 e. The average Bonchev–Trinajstić information content (AvgIpc) is 2.82. The lowest BCUT2D eigenvalue weighted by atomic mass is 9.94. The minimum atomic E-state index is -0.177. The Bertz CT molecular complexity index is 685. The molecule has 0 radical (unpaired) electrons. The summed E-state index contributed by atoms with van der Waals surface area (Å²) in [7, 11) is 0. The van der Waals surface area contributed by atoms with Crippen LogP contribution >= 0.6 is 12.4 Å². The van der Waals surface area contributed by atoms with Crippen molar-refractivity contribution < 1.29 is 4.79 Å². The van der Waals surface area contributed by atoms with Crippen LogP contribution in [0.1, 0.15) is 41.7 Å². The van der Waals surface area contributed by atoms with E-state index >= 15 is 0 Å². The maximum absolute atomic E-state index is 11.8. The van der Waals surface area contributed by atoms with E-state index < -0.39 is 0 Å². The van der Waals surface area contributed by atoms with E-state index in [0.717, 1.165) is 31.6 Å². The molecular formula is C13H17ClN4O2. The zero-order valence-electron chi connectivity index (χ0n) is 11.2. The number of ketones is 1. The van der Waals surface area contributed by atoms with Crippen LogP contribution in [0.3, 0.4) is 0 Å². The Morgan fingerprint density at radius 1 is 1.40 bits per heavy atom. The molecule has 2 N–H and O–H groups in total. The van der Waals surface area contributed by atoms with E-state index in [4.69, 9.17) is 0 Å². The van der Waals surface area contributed by atoms with Crippen molar-refractivity contribution >= 4 is 23.8 Å². The van der Waals surface area contributed by atoms with Crippen molar-refractivity contribution in [1.82, 2.24) is 19.9 Å². The second kappa shape index (κ2) is 5.76. The Morgan fingerprint density at radius 2 is 2.10 bits per heavy atom. The Kier molecular flexibility index (Phi) is 4.25. The lowest BCUT2D eigenvalue weighted by Gasteiger charge is -2.23. The molecule has 0 atom stereocenters. The second-order valence-electron chi connectivity index (χ2n) is 4.96. The van der Waals surface area contributed by atoms with Gasteiger partial charge in [-0.05, 0) is 32.9 Å². The summed E-state index contributed by atoms with van der Waals surface area (Å²) in [6, 6.07) is 1.60. The van der Waals surface area contributed by atoms with Gasteiger partial charge in [0.15, 0.2) is 5.78 Å². The summed E-state index contributed by atoms with van der Waals surface area (Å²) in [5.74, 6) is 0.221. The quantitative estimate of drug-likeness (QED) is 0.814. The first-order chi connectivity index (χ1) is 9.16. The molecule has 1 fully saturated rings. The number of Topliss-reactive ketones (excluding diaryl/α,β-unsaturated/α-hetero) is 1. The minimum absolute atomic E-state index is 0. The molecule has 20 heavy (non-hydrogen) atoms. The van der Waals surface area contributed by atoms with Crippen LogP contribution < -0.4 is 10.9 Å². The van der Waals surface area contributed by atoms with Crippen LogP contribution in [0.5, 0.6) is 0 Å². The van der Waals surface area contributed by atoms with Crippen LogP contribution in [0.25, 0.3) is 5.65 Å². The summed E-state index contributed by atoms with van der Waals surface area (Å²) < 4.78 is 1.70. The number of carbonyl (C=O) groups is 1. The van der Waals surface area contributed by atoms with Gasteiger partial charge in [0.25, 0.3) is 5.56 Å². The highest BCUT2D eigenvalue weighted by atomic mass is 35.5. The van der Waals surface area contributed by atoms with E-state index in [9.17, 15) is 9.59 Å². The normalized spacial score (nSPS) is 16.1. The van der Waals surface area contributed by atoms with Crippen molar-refractivity contribution in [2.75, 3.05) is 13.1 Å². The number of piperidine rings is 1. The van der Waals surface area contributed by atoms with Crippen molar-refractivity contribution in [2.45, 2.75) is 25.7 Å². The first-order valence-electron chi connectivity index (χ1n) is 6.49. The first-order valence-corrected chi connectivity index (χ1v) is 6.49. The van der Waals surface area contributed by atoms with Gasteiger partial charge in [-0.2, -0.15) is 5.10 Å². The number of rotatable bonds is 2. The summed E-state index contributed by atoms with van der Waals surface area (Å²) in [6.07, 6.45) is 3.49. The van der Waals surface area contributed by atoms with Crippen LogP contribution in [-0.4, -0.2) is 33.5 Å². The van der Waals surface area contributed by atoms with E-state index in [0.29, 0.717) is 17.1 Å². The fourth-order valence-corrected chi connectivity index (χ4v) is 2.68. The molecule has 2 aromatic rings. The van der Waals surface area contributed by atoms with Crippen molar-refractivity contribution in [3.05, 3.63) is 33.9 Å². The molecule has 3 heterocycles. The summed E-state index contributed by atoms with van der Waals surface area (Å²) in [6.45, 7) is 3.37. The molecule has 0 spiro atoms. The highest BCUT2D eigenvalue weighted by Crippen LogP contribution is 2.24. The molecule has 3 rings (SSSR count). The van der Waals surface area contributed by atoms with Gasteiger partial charge >= 0.3 is 0 Å². The van der Waals surface area contributed by atoms with Crippen LogP contribution in [-0.2, 0) is 0 Å². The van der Waals surface area contributed by atoms with Gasteiger partial charge in [-0.1, -0.05) is 0 Å². The van der Waals surface area contributed by atoms with Gasteiger partial charge in [0.1, 0.15) is 5.65 Å². The summed E-state index contributed by atoms with van der Waals surface area (Å²) in [5, 5.41) is 7.56. The Morgan fingerprint density at radius 3 is 2.75 bits per heavy atom. The van der Waals surface area contributed by atoms with Crippen molar-refractivity contribution in [3.8, 4) is 0 Å². The van der Waals surface area contributed by atoms with E-state index in [1.807, 2.05) is 0 Å². The first kappa shape index (κ1) is 14.7. The number of H-pyrrole nitrogens is 1. The molecule has 0 bridgehead atoms. The standard InChI is InChI=1S/C13H16N4O2.ClH/c1-8(18)10-7-15-17-11(6-12(19)16-13(10)17)9-2-4-14-5-3-9;/h6-7,9,14H,2-5H2,1H3,(H,16,19);1H. The Balaban J connectivity index is 0.00000147. The number of carbonyl (C=O) groups excluding carboxylic acids is 1. The van der Waals surface area contributed by atoms with Crippen molar-refractivity contribution in [1.29, 1.82) is 0 Å². The SMILES string of the molecule is CC(=O)c1cnn2c(C3CCNCC3)cc(=O)[nH]c12.Cl. The third kappa shape index (κ3) is 2.48. The van der Waals surface area contributed by atoms with Gasteiger partial charge in [0.2, 0.25) is 0 Å². The van der Waals surface area contributed by atoms with Crippen LogP contribution in [0.4, 0.5) is 0 Å². The molecule has 0 aromatic carbocycles. The van der Waals surface area contributed by atoms with Gasteiger partial charge in [-0.25, -0.2) is 4.52 Å². The van der Waals surface area contributed by atoms with Gasteiger partial charge in [0.05, 0.1) is 17.5 Å². The van der Waals surface area contributed by atoms with Crippen LogP contribution in [0.2, 0.25) is 0 Å². The molecular weight excluding hydrogens is 280 g/mol. The second-order valence-corrected chi connectivity index (χ2v) is 4.96. The van der Waals surface area contributed by atoms with E-state index in [1.165, 1.54) is 13.1 Å². The molecule has 7 heteroatoms. The summed E-state index contributed by atoms with van der Waals surface area (Å²) >= 11 is 0. The minimum Gasteiger partial charge on any atom is -0.317 e. The zero-order valence-corrected chi connectivity index (χ0v) is 12.0. The Hall–Kier alpha value is -1.66. The summed E-state index contributed by atoms with van der Waals surface area (Å²) in [4.78, 5) is 26.0. The number of aromatic amines is 1. The fraction of sp³-hybridized carbons (Fsp3) is 0.462. The molecule has 1 aliphatic heterocycles. The van der Waals surface area contributed by atoms with E-state index in [2.05, 4.69) is 15.4 Å².